The number of carboxylic acid groups (broad SMARTS) is 1. The first kappa shape index (κ1) is 17.0. The van der Waals surface area contributed by atoms with E-state index < -0.39 is 5.97 Å². The zero-order valence-corrected chi connectivity index (χ0v) is 12.6. The van der Waals surface area contributed by atoms with Crippen molar-refractivity contribution in [2.45, 2.75) is 19.9 Å². The highest BCUT2D eigenvalue weighted by molar-refractivity contribution is 5.87. The van der Waals surface area contributed by atoms with E-state index in [-0.39, 0.29) is 11.6 Å². The van der Waals surface area contributed by atoms with Crippen LogP contribution in [0.5, 0.6) is 0 Å². The maximum Gasteiger partial charge on any atom is 0.335 e. The van der Waals surface area contributed by atoms with Gasteiger partial charge in [-0.15, -0.1) is 0 Å². The molecule has 0 bridgehead atoms. The van der Waals surface area contributed by atoms with Crippen LogP contribution in [0.4, 0.5) is 4.79 Å². The number of urea groups is 1. The minimum Gasteiger partial charge on any atom is -0.478 e. The Morgan fingerprint density at radius 1 is 1.19 bits per heavy atom. The first-order valence-corrected chi connectivity index (χ1v) is 7.06. The summed E-state index contributed by atoms with van der Waals surface area (Å²) in [5.74, 6) is -0.951. The molecule has 0 aromatic heterocycles. The van der Waals surface area contributed by atoms with Crippen LogP contribution in [0.2, 0.25) is 0 Å². The summed E-state index contributed by atoms with van der Waals surface area (Å²) in [6.07, 6.45) is 0.890. The van der Waals surface area contributed by atoms with Gasteiger partial charge in [0.25, 0.3) is 0 Å². The average Bonchev–Trinajstić information content (AvgIpc) is 2.47. The van der Waals surface area contributed by atoms with Crippen LogP contribution in [0.25, 0.3) is 0 Å². The molecule has 0 radical (unpaired) electrons. The van der Waals surface area contributed by atoms with Gasteiger partial charge in [0.2, 0.25) is 0 Å². The fraction of sp³-hybridized carbons (Fsp3) is 0.467. The van der Waals surface area contributed by atoms with Crippen molar-refractivity contribution < 1.29 is 14.7 Å². The van der Waals surface area contributed by atoms with Gasteiger partial charge in [-0.25, -0.2) is 9.59 Å². The predicted molar refractivity (Wildman–Crippen MR) is 81.4 cm³/mol. The van der Waals surface area contributed by atoms with Crippen molar-refractivity contribution in [2.75, 3.05) is 26.7 Å². The van der Waals surface area contributed by atoms with Crippen molar-refractivity contribution in [1.29, 1.82) is 0 Å². The van der Waals surface area contributed by atoms with Crippen molar-refractivity contribution in [3.05, 3.63) is 35.4 Å². The summed E-state index contributed by atoms with van der Waals surface area (Å²) in [4.78, 5) is 24.2. The lowest BCUT2D eigenvalue weighted by atomic mass is 10.1. The second kappa shape index (κ2) is 8.97. The molecular weight excluding hydrogens is 270 g/mol. The number of aromatic carboxylic acids is 1. The minimum atomic E-state index is -0.951. The number of hydrogen-bond donors (Lipinski definition) is 3. The molecule has 6 heteroatoms. The Labute approximate surface area is 125 Å². The van der Waals surface area contributed by atoms with Gasteiger partial charge in [0.15, 0.2) is 0 Å². The van der Waals surface area contributed by atoms with Crippen molar-refractivity contribution in [3.63, 3.8) is 0 Å². The SMILES string of the molecule is CCNCCCNC(=O)N(C)Cc1ccc(C(=O)O)cc1. The Balaban J connectivity index is 2.36. The molecule has 0 heterocycles. The molecule has 0 unspecified atom stereocenters. The summed E-state index contributed by atoms with van der Waals surface area (Å²) >= 11 is 0. The maximum atomic E-state index is 11.9. The molecule has 0 aliphatic heterocycles. The molecule has 21 heavy (non-hydrogen) atoms. The zero-order chi connectivity index (χ0) is 15.7. The third kappa shape index (κ3) is 6.27. The number of nitrogens with one attached hydrogen (secondary N) is 2. The van der Waals surface area contributed by atoms with Crippen LogP contribution in [0.1, 0.15) is 29.3 Å². The van der Waals surface area contributed by atoms with Crippen molar-refractivity contribution >= 4 is 12.0 Å². The number of rotatable bonds is 8. The minimum absolute atomic E-state index is 0.131. The van der Waals surface area contributed by atoms with Gasteiger partial charge in [0.1, 0.15) is 0 Å². The monoisotopic (exact) mass is 293 g/mol. The van der Waals surface area contributed by atoms with Crippen LogP contribution in [0.3, 0.4) is 0 Å². The number of carbonyl (C=O) groups is 2. The third-order valence-electron chi connectivity index (χ3n) is 3.02. The van der Waals surface area contributed by atoms with E-state index in [0.29, 0.717) is 13.1 Å². The van der Waals surface area contributed by atoms with E-state index >= 15 is 0 Å². The summed E-state index contributed by atoms with van der Waals surface area (Å²) in [6.45, 7) is 4.94. The van der Waals surface area contributed by atoms with Gasteiger partial charge in [0, 0.05) is 20.1 Å². The van der Waals surface area contributed by atoms with E-state index in [0.717, 1.165) is 25.1 Å². The van der Waals surface area contributed by atoms with Gasteiger partial charge < -0.3 is 20.6 Å². The number of benzene rings is 1. The van der Waals surface area contributed by atoms with Crippen molar-refractivity contribution in [2.24, 2.45) is 0 Å². The lowest BCUT2D eigenvalue weighted by molar-refractivity contribution is 0.0697. The molecular formula is C15H23N3O3. The van der Waals surface area contributed by atoms with Crippen molar-refractivity contribution in [3.8, 4) is 0 Å². The molecule has 0 aliphatic carbocycles. The molecule has 0 saturated heterocycles. The van der Waals surface area contributed by atoms with Gasteiger partial charge in [0.05, 0.1) is 5.56 Å². The van der Waals surface area contributed by atoms with Crippen LogP contribution in [0, 0.1) is 0 Å². The van der Waals surface area contributed by atoms with Crippen molar-refractivity contribution in [1.82, 2.24) is 15.5 Å². The Kier molecular flexibility index (Phi) is 7.25. The topological polar surface area (TPSA) is 81.7 Å². The van der Waals surface area contributed by atoms with E-state index in [1.54, 1.807) is 36.2 Å². The number of hydrogen-bond acceptors (Lipinski definition) is 3. The lowest BCUT2D eigenvalue weighted by Gasteiger charge is -2.18. The molecule has 1 aromatic rings. The van der Waals surface area contributed by atoms with E-state index in [4.69, 9.17) is 5.11 Å². The molecule has 6 nitrogen and oxygen atoms in total. The lowest BCUT2D eigenvalue weighted by Crippen LogP contribution is -2.38. The van der Waals surface area contributed by atoms with Gasteiger partial charge in [-0.3, -0.25) is 0 Å². The quantitative estimate of drug-likeness (QED) is 0.635. The highest BCUT2D eigenvalue weighted by Gasteiger charge is 2.09. The Morgan fingerprint density at radius 2 is 1.86 bits per heavy atom. The standard InChI is InChI=1S/C15H23N3O3/c1-3-16-9-4-10-17-15(21)18(2)11-12-5-7-13(8-6-12)14(19)20/h5-8,16H,3-4,9-11H2,1-2H3,(H,17,21)(H,19,20). The summed E-state index contributed by atoms with van der Waals surface area (Å²) in [5, 5.41) is 14.9. The first-order chi connectivity index (χ1) is 10.0. The summed E-state index contributed by atoms with van der Waals surface area (Å²) in [6, 6.07) is 6.39. The molecule has 0 spiro atoms. The summed E-state index contributed by atoms with van der Waals surface area (Å²) in [7, 11) is 1.71. The molecule has 1 aromatic carbocycles. The van der Waals surface area contributed by atoms with Crippen LogP contribution in [-0.4, -0.2) is 48.7 Å². The fourth-order valence-corrected chi connectivity index (χ4v) is 1.82. The van der Waals surface area contributed by atoms with Gasteiger partial charge in [-0.05, 0) is 37.2 Å². The number of carboxylic acids is 1. The Bertz CT molecular complexity index is 460. The highest BCUT2D eigenvalue weighted by atomic mass is 16.4. The number of amides is 2. The normalized spacial score (nSPS) is 10.2. The van der Waals surface area contributed by atoms with Crippen LogP contribution < -0.4 is 10.6 Å². The van der Waals surface area contributed by atoms with Gasteiger partial charge in [-0.1, -0.05) is 19.1 Å². The largest absolute Gasteiger partial charge is 0.478 e. The Morgan fingerprint density at radius 3 is 2.43 bits per heavy atom. The smallest absolute Gasteiger partial charge is 0.335 e. The predicted octanol–water partition coefficient (Wildman–Crippen LogP) is 1.53. The molecule has 0 fully saturated rings. The molecule has 116 valence electrons. The van der Waals surface area contributed by atoms with Gasteiger partial charge >= 0.3 is 12.0 Å². The highest BCUT2D eigenvalue weighted by Crippen LogP contribution is 2.07. The maximum absolute atomic E-state index is 11.9. The van der Waals surface area contributed by atoms with E-state index in [2.05, 4.69) is 10.6 Å². The van der Waals surface area contributed by atoms with E-state index in [1.807, 2.05) is 6.92 Å². The third-order valence-corrected chi connectivity index (χ3v) is 3.02. The summed E-state index contributed by atoms with van der Waals surface area (Å²) in [5.41, 5.74) is 1.14. The van der Waals surface area contributed by atoms with Crippen LogP contribution >= 0.6 is 0 Å². The fourth-order valence-electron chi connectivity index (χ4n) is 1.82. The molecule has 0 aliphatic rings. The van der Waals surface area contributed by atoms with Crippen LogP contribution in [0.15, 0.2) is 24.3 Å². The average molecular weight is 293 g/mol. The zero-order valence-electron chi connectivity index (χ0n) is 12.6. The second-order valence-corrected chi connectivity index (χ2v) is 4.80. The molecule has 2 amide bonds. The molecule has 1 rings (SSSR count). The number of carbonyl (C=O) groups excluding carboxylic acids is 1. The van der Waals surface area contributed by atoms with E-state index in [1.165, 1.54) is 0 Å². The second-order valence-electron chi connectivity index (χ2n) is 4.80. The number of nitrogens with zero attached hydrogens (tertiary/aromatic N) is 1. The summed E-state index contributed by atoms with van der Waals surface area (Å²) < 4.78 is 0. The first-order valence-electron chi connectivity index (χ1n) is 7.06. The van der Waals surface area contributed by atoms with Gasteiger partial charge in [-0.2, -0.15) is 0 Å². The molecule has 3 N–H and O–H groups in total. The molecule has 0 saturated carbocycles. The molecule has 0 atom stereocenters. The Hall–Kier alpha value is -2.08. The van der Waals surface area contributed by atoms with Crippen LogP contribution in [-0.2, 0) is 6.54 Å². The van der Waals surface area contributed by atoms with E-state index in [9.17, 15) is 9.59 Å².